The highest BCUT2D eigenvalue weighted by atomic mass is 16.4. The first-order valence-corrected chi connectivity index (χ1v) is 7.59. The summed E-state index contributed by atoms with van der Waals surface area (Å²) in [6.07, 6.45) is 3.16. The SMILES string of the molecule is CCCN(C(=O)N1CC(CC(=O)O)C1)C1CCNCC1. The zero-order chi connectivity index (χ0) is 14.5. The van der Waals surface area contributed by atoms with E-state index in [1.807, 2.05) is 4.90 Å². The summed E-state index contributed by atoms with van der Waals surface area (Å²) in [4.78, 5) is 27.0. The third kappa shape index (κ3) is 3.62. The fourth-order valence-electron chi connectivity index (χ4n) is 3.08. The van der Waals surface area contributed by atoms with Crippen LogP contribution in [0.1, 0.15) is 32.6 Å². The Hall–Kier alpha value is -1.30. The summed E-state index contributed by atoms with van der Waals surface area (Å²) < 4.78 is 0. The molecule has 6 nitrogen and oxygen atoms in total. The van der Waals surface area contributed by atoms with Gasteiger partial charge in [-0.05, 0) is 32.4 Å². The molecule has 2 aliphatic heterocycles. The molecule has 2 amide bonds. The number of aliphatic carboxylic acids is 1. The predicted molar refractivity (Wildman–Crippen MR) is 75.6 cm³/mol. The second kappa shape index (κ2) is 6.92. The molecule has 2 saturated heterocycles. The summed E-state index contributed by atoms with van der Waals surface area (Å²) in [5.41, 5.74) is 0. The molecule has 2 N–H and O–H groups in total. The summed E-state index contributed by atoms with van der Waals surface area (Å²) in [6, 6.07) is 0.433. The van der Waals surface area contributed by atoms with Crippen LogP contribution in [0.4, 0.5) is 4.79 Å². The maximum absolute atomic E-state index is 12.5. The van der Waals surface area contributed by atoms with E-state index in [1.54, 1.807) is 4.90 Å². The van der Waals surface area contributed by atoms with Crippen LogP contribution in [0.15, 0.2) is 0 Å². The summed E-state index contributed by atoms with van der Waals surface area (Å²) in [6.45, 7) is 6.01. The van der Waals surface area contributed by atoms with E-state index in [4.69, 9.17) is 5.11 Å². The Bertz CT molecular complexity index is 350. The Morgan fingerprint density at radius 1 is 1.30 bits per heavy atom. The maximum atomic E-state index is 12.5. The van der Waals surface area contributed by atoms with Gasteiger partial charge < -0.3 is 20.2 Å². The van der Waals surface area contributed by atoms with Gasteiger partial charge in [-0.3, -0.25) is 4.79 Å². The summed E-state index contributed by atoms with van der Waals surface area (Å²) in [7, 11) is 0. The van der Waals surface area contributed by atoms with Crippen molar-refractivity contribution in [2.45, 2.75) is 38.6 Å². The van der Waals surface area contributed by atoms with E-state index in [0.717, 1.165) is 38.9 Å². The Morgan fingerprint density at radius 2 is 1.95 bits per heavy atom. The average Bonchev–Trinajstić information content (AvgIpc) is 2.40. The van der Waals surface area contributed by atoms with Crippen molar-refractivity contribution in [1.82, 2.24) is 15.1 Å². The van der Waals surface area contributed by atoms with Gasteiger partial charge in [0.05, 0.1) is 6.42 Å². The second-order valence-electron chi connectivity index (χ2n) is 5.83. The van der Waals surface area contributed by atoms with Crippen LogP contribution in [0.25, 0.3) is 0 Å². The lowest BCUT2D eigenvalue weighted by atomic mass is 9.96. The zero-order valence-corrected chi connectivity index (χ0v) is 12.2. The topological polar surface area (TPSA) is 72.9 Å². The number of carbonyl (C=O) groups is 2. The van der Waals surface area contributed by atoms with E-state index < -0.39 is 5.97 Å². The molecule has 0 unspecified atom stereocenters. The molecule has 0 aromatic heterocycles. The normalized spacial score (nSPS) is 20.6. The van der Waals surface area contributed by atoms with Gasteiger partial charge in [-0.15, -0.1) is 0 Å². The van der Waals surface area contributed by atoms with Crippen molar-refractivity contribution in [3.05, 3.63) is 0 Å². The van der Waals surface area contributed by atoms with E-state index in [-0.39, 0.29) is 18.4 Å². The van der Waals surface area contributed by atoms with E-state index >= 15 is 0 Å². The summed E-state index contributed by atoms with van der Waals surface area (Å²) >= 11 is 0. The van der Waals surface area contributed by atoms with Crippen LogP contribution in [-0.4, -0.2) is 65.7 Å². The molecule has 114 valence electrons. The monoisotopic (exact) mass is 283 g/mol. The minimum absolute atomic E-state index is 0.0976. The molecule has 0 radical (unpaired) electrons. The predicted octanol–water partition coefficient (Wildman–Crippen LogP) is 0.977. The fourth-order valence-corrected chi connectivity index (χ4v) is 3.08. The van der Waals surface area contributed by atoms with Crippen LogP contribution in [0.2, 0.25) is 0 Å². The van der Waals surface area contributed by atoms with E-state index in [1.165, 1.54) is 0 Å². The third-order valence-corrected chi connectivity index (χ3v) is 4.15. The molecule has 0 atom stereocenters. The largest absolute Gasteiger partial charge is 0.481 e. The molecule has 0 spiro atoms. The highest BCUT2D eigenvalue weighted by Gasteiger charge is 2.36. The minimum atomic E-state index is -0.772. The van der Waals surface area contributed by atoms with Crippen molar-refractivity contribution in [2.75, 3.05) is 32.7 Å². The van der Waals surface area contributed by atoms with Gasteiger partial charge in [-0.2, -0.15) is 0 Å². The van der Waals surface area contributed by atoms with Crippen molar-refractivity contribution in [2.24, 2.45) is 5.92 Å². The van der Waals surface area contributed by atoms with Gasteiger partial charge in [0.25, 0.3) is 0 Å². The molecule has 20 heavy (non-hydrogen) atoms. The van der Waals surface area contributed by atoms with Gasteiger partial charge in [-0.25, -0.2) is 4.79 Å². The lowest BCUT2D eigenvalue weighted by Gasteiger charge is -2.44. The Morgan fingerprint density at radius 3 is 2.50 bits per heavy atom. The molecule has 2 fully saturated rings. The number of rotatable bonds is 5. The smallest absolute Gasteiger partial charge is 0.320 e. The van der Waals surface area contributed by atoms with Gasteiger partial charge in [0.1, 0.15) is 0 Å². The van der Waals surface area contributed by atoms with Gasteiger partial charge in [0, 0.05) is 31.6 Å². The van der Waals surface area contributed by atoms with Crippen LogP contribution >= 0.6 is 0 Å². The van der Waals surface area contributed by atoms with Crippen molar-refractivity contribution in [3.8, 4) is 0 Å². The van der Waals surface area contributed by atoms with Gasteiger partial charge in [0.15, 0.2) is 0 Å². The number of nitrogens with zero attached hydrogens (tertiary/aromatic N) is 2. The molecule has 0 saturated carbocycles. The zero-order valence-electron chi connectivity index (χ0n) is 12.2. The van der Waals surface area contributed by atoms with Crippen molar-refractivity contribution < 1.29 is 14.7 Å². The lowest BCUT2D eigenvalue weighted by Crippen LogP contribution is -2.58. The lowest BCUT2D eigenvalue weighted by molar-refractivity contribution is -0.139. The first-order chi connectivity index (χ1) is 9.61. The minimum Gasteiger partial charge on any atom is -0.481 e. The molecule has 2 rings (SSSR count). The van der Waals surface area contributed by atoms with Crippen LogP contribution < -0.4 is 5.32 Å². The molecular weight excluding hydrogens is 258 g/mol. The Kier molecular flexibility index (Phi) is 5.23. The van der Waals surface area contributed by atoms with Crippen molar-refractivity contribution >= 4 is 12.0 Å². The molecular formula is C14H25N3O3. The van der Waals surface area contributed by atoms with E-state index in [9.17, 15) is 9.59 Å². The third-order valence-electron chi connectivity index (χ3n) is 4.15. The molecule has 6 heteroatoms. The first kappa shape index (κ1) is 15.1. The quantitative estimate of drug-likeness (QED) is 0.789. The number of hydrogen-bond donors (Lipinski definition) is 2. The van der Waals surface area contributed by atoms with Crippen molar-refractivity contribution in [3.63, 3.8) is 0 Å². The van der Waals surface area contributed by atoms with Crippen molar-refractivity contribution in [1.29, 1.82) is 0 Å². The average molecular weight is 283 g/mol. The molecule has 0 bridgehead atoms. The van der Waals surface area contributed by atoms with Gasteiger partial charge in [0.2, 0.25) is 0 Å². The standard InChI is InChI=1S/C14H25N3O3/c1-2-7-17(12-3-5-15-6-4-12)14(20)16-9-11(10-16)8-13(18)19/h11-12,15H,2-10H2,1H3,(H,18,19). The Balaban J connectivity index is 1.86. The number of hydrogen-bond acceptors (Lipinski definition) is 3. The number of nitrogens with one attached hydrogen (secondary N) is 1. The highest BCUT2D eigenvalue weighted by Crippen LogP contribution is 2.23. The maximum Gasteiger partial charge on any atom is 0.320 e. The molecule has 0 aromatic rings. The van der Waals surface area contributed by atoms with Crippen LogP contribution in [-0.2, 0) is 4.79 Å². The highest BCUT2D eigenvalue weighted by molar-refractivity contribution is 5.76. The van der Waals surface area contributed by atoms with Crippen LogP contribution in [0, 0.1) is 5.92 Å². The van der Waals surface area contributed by atoms with Crippen LogP contribution in [0.5, 0.6) is 0 Å². The fraction of sp³-hybridized carbons (Fsp3) is 0.857. The van der Waals surface area contributed by atoms with Gasteiger partial charge >= 0.3 is 12.0 Å². The number of piperidine rings is 1. The number of carbonyl (C=O) groups excluding carboxylic acids is 1. The molecule has 0 aromatic carbocycles. The number of amides is 2. The number of carboxylic acids is 1. The number of urea groups is 1. The second-order valence-corrected chi connectivity index (χ2v) is 5.83. The molecule has 2 heterocycles. The first-order valence-electron chi connectivity index (χ1n) is 7.59. The van der Waals surface area contributed by atoms with E-state index in [0.29, 0.717) is 19.1 Å². The summed E-state index contributed by atoms with van der Waals surface area (Å²) in [5, 5.41) is 12.1. The number of likely N-dealkylation sites (tertiary alicyclic amines) is 1. The molecule has 0 aliphatic carbocycles. The molecule has 2 aliphatic rings. The van der Waals surface area contributed by atoms with E-state index in [2.05, 4.69) is 12.2 Å². The Labute approximate surface area is 120 Å². The van der Waals surface area contributed by atoms with Crippen LogP contribution in [0.3, 0.4) is 0 Å². The number of carboxylic acid groups (broad SMARTS) is 1. The summed E-state index contributed by atoms with van der Waals surface area (Å²) in [5.74, 6) is -0.640. The van der Waals surface area contributed by atoms with Gasteiger partial charge in [-0.1, -0.05) is 6.92 Å².